The topological polar surface area (TPSA) is 37.3 Å². The first-order chi connectivity index (χ1) is 6.32. The van der Waals surface area contributed by atoms with Crippen LogP contribution in [0, 0.1) is 0 Å². The maximum absolute atomic E-state index is 10.7. The predicted octanol–water partition coefficient (Wildman–Crippen LogP) is 4.44. The molecule has 14 heavy (non-hydrogen) atoms. The first kappa shape index (κ1) is 12.7. The number of hydrogen-bond donors (Lipinski definition) is 1. The molecule has 0 radical (unpaired) electrons. The molecule has 0 aromatic heterocycles. The molecule has 0 spiro atoms. The number of carboxylic acid groups (broad SMARTS) is 1. The number of benzene rings is 1. The van der Waals surface area contributed by atoms with E-state index in [0.29, 0.717) is 4.47 Å². The summed E-state index contributed by atoms with van der Waals surface area (Å²) < 4.78 is 0.0252. The summed E-state index contributed by atoms with van der Waals surface area (Å²) in [6, 6.07) is 4.98. The van der Waals surface area contributed by atoms with Gasteiger partial charge in [0.2, 0.25) is 0 Å². The van der Waals surface area contributed by atoms with Gasteiger partial charge in [-0.25, -0.2) is 4.79 Å². The minimum absolute atomic E-state index is 0.241. The summed E-state index contributed by atoms with van der Waals surface area (Å²) in [7, 11) is 0. The molecule has 0 heterocycles. The van der Waals surface area contributed by atoms with Crippen molar-refractivity contribution in [2.24, 2.45) is 0 Å². The number of carboxylic acids is 1. The van der Waals surface area contributed by atoms with Crippen molar-refractivity contribution < 1.29 is 9.90 Å². The lowest BCUT2D eigenvalue weighted by atomic mass is 10.1. The number of halogens is 4. The Bertz CT molecular complexity index is 370. The number of alkyl halides is 3. The van der Waals surface area contributed by atoms with Gasteiger partial charge in [0.05, 0.1) is 5.56 Å². The molecular formula is C8H4Br4O2. The Labute approximate surface area is 115 Å². The van der Waals surface area contributed by atoms with E-state index < -0.39 is 8.11 Å². The molecule has 0 bridgehead atoms. The van der Waals surface area contributed by atoms with Crippen molar-refractivity contribution in [1.29, 1.82) is 0 Å². The van der Waals surface area contributed by atoms with E-state index in [1.54, 1.807) is 18.2 Å². The van der Waals surface area contributed by atoms with Crippen LogP contribution in [0.3, 0.4) is 0 Å². The van der Waals surface area contributed by atoms with Crippen LogP contribution in [0.1, 0.15) is 15.9 Å². The minimum Gasteiger partial charge on any atom is -0.478 e. The second-order valence-electron chi connectivity index (χ2n) is 2.50. The highest BCUT2D eigenvalue weighted by Gasteiger charge is 2.22. The van der Waals surface area contributed by atoms with Gasteiger partial charge in [0, 0.05) is 4.47 Å². The number of hydrogen-bond acceptors (Lipinski definition) is 1. The summed E-state index contributed by atoms with van der Waals surface area (Å²) in [5.74, 6) is -0.951. The zero-order valence-corrected chi connectivity index (χ0v) is 12.9. The maximum Gasteiger partial charge on any atom is 0.336 e. The fourth-order valence-corrected chi connectivity index (χ4v) is 2.15. The van der Waals surface area contributed by atoms with E-state index in [1.807, 2.05) is 0 Å². The Balaban J connectivity index is 3.20. The van der Waals surface area contributed by atoms with Gasteiger partial charge in [-0.3, -0.25) is 0 Å². The molecule has 0 aliphatic carbocycles. The van der Waals surface area contributed by atoms with Crippen LogP contribution in [-0.2, 0) is 2.14 Å². The summed E-state index contributed by atoms with van der Waals surface area (Å²) >= 11 is 13.2. The molecule has 6 heteroatoms. The van der Waals surface area contributed by atoms with Crippen LogP contribution in [-0.4, -0.2) is 11.1 Å². The Hall–Kier alpha value is 0.610. The Morgan fingerprint density at radius 1 is 1.29 bits per heavy atom. The highest BCUT2D eigenvalue weighted by molar-refractivity contribution is 9.38. The minimum atomic E-state index is -0.951. The van der Waals surface area contributed by atoms with Gasteiger partial charge in [0.15, 0.2) is 2.14 Å². The largest absolute Gasteiger partial charge is 0.478 e. The van der Waals surface area contributed by atoms with Crippen molar-refractivity contribution in [2.45, 2.75) is 2.14 Å². The molecule has 1 aromatic carbocycles. The molecule has 76 valence electrons. The average molecular weight is 452 g/mol. The third-order valence-corrected chi connectivity index (χ3v) is 3.56. The molecule has 0 saturated carbocycles. The lowest BCUT2D eigenvalue weighted by molar-refractivity contribution is 0.0696. The third-order valence-electron chi connectivity index (χ3n) is 1.53. The van der Waals surface area contributed by atoms with Gasteiger partial charge in [-0.15, -0.1) is 0 Å². The molecule has 2 nitrogen and oxygen atoms in total. The molecule has 0 aliphatic heterocycles. The van der Waals surface area contributed by atoms with Gasteiger partial charge in [-0.1, -0.05) is 53.9 Å². The molecule has 1 aromatic rings. The first-order valence-electron chi connectivity index (χ1n) is 3.42. The fraction of sp³-hybridized carbons (Fsp3) is 0.125. The van der Waals surface area contributed by atoms with Crippen molar-refractivity contribution in [3.63, 3.8) is 0 Å². The Kier molecular flexibility index (Phi) is 4.20. The zero-order chi connectivity index (χ0) is 10.9. The van der Waals surface area contributed by atoms with Crippen LogP contribution in [0.5, 0.6) is 0 Å². The molecule has 0 fully saturated rings. The van der Waals surface area contributed by atoms with Crippen molar-refractivity contribution in [3.8, 4) is 0 Å². The van der Waals surface area contributed by atoms with E-state index in [-0.39, 0.29) is 5.56 Å². The summed E-state index contributed by atoms with van der Waals surface area (Å²) in [6.07, 6.45) is 0. The summed E-state index contributed by atoms with van der Waals surface area (Å²) in [6.45, 7) is 0. The fourth-order valence-electron chi connectivity index (χ4n) is 0.865. The molecular weight excluding hydrogens is 448 g/mol. The quantitative estimate of drug-likeness (QED) is 0.641. The van der Waals surface area contributed by atoms with Crippen LogP contribution in [0.4, 0.5) is 0 Å². The van der Waals surface area contributed by atoms with Crippen LogP contribution in [0.2, 0.25) is 0 Å². The van der Waals surface area contributed by atoms with Gasteiger partial charge in [-0.2, -0.15) is 0 Å². The molecule has 0 unspecified atom stereocenters. The van der Waals surface area contributed by atoms with E-state index in [1.165, 1.54) is 0 Å². The van der Waals surface area contributed by atoms with Crippen molar-refractivity contribution >= 4 is 69.7 Å². The van der Waals surface area contributed by atoms with Crippen LogP contribution in [0.15, 0.2) is 22.7 Å². The standard InChI is InChI=1S/C8H4Br4O2/c9-6-3-4(8(10,11)12)1-2-5(6)7(13)14/h1-3H,(H,13,14). The Morgan fingerprint density at radius 2 is 1.86 bits per heavy atom. The summed E-state index contributed by atoms with van der Waals surface area (Å²) in [4.78, 5) is 10.7. The molecule has 0 aliphatic rings. The van der Waals surface area contributed by atoms with E-state index >= 15 is 0 Å². The van der Waals surface area contributed by atoms with Crippen molar-refractivity contribution in [1.82, 2.24) is 0 Å². The number of carbonyl (C=O) groups is 1. The van der Waals surface area contributed by atoms with Gasteiger partial charge in [0.25, 0.3) is 0 Å². The molecule has 1 N–H and O–H groups in total. The lowest BCUT2D eigenvalue weighted by Gasteiger charge is -2.13. The summed E-state index contributed by atoms with van der Waals surface area (Å²) in [5.41, 5.74) is 1.11. The zero-order valence-electron chi connectivity index (χ0n) is 6.60. The van der Waals surface area contributed by atoms with E-state index in [2.05, 4.69) is 63.7 Å². The third kappa shape index (κ3) is 3.05. The SMILES string of the molecule is O=C(O)c1ccc(C(Br)(Br)Br)cc1Br. The average Bonchev–Trinajstić information content (AvgIpc) is 2.01. The second kappa shape index (κ2) is 4.63. The van der Waals surface area contributed by atoms with Gasteiger partial charge < -0.3 is 5.11 Å². The highest BCUT2D eigenvalue weighted by Crippen LogP contribution is 2.45. The number of aromatic carboxylic acids is 1. The van der Waals surface area contributed by atoms with Crippen LogP contribution >= 0.6 is 63.7 Å². The molecule has 1 rings (SSSR count). The van der Waals surface area contributed by atoms with Crippen molar-refractivity contribution in [2.75, 3.05) is 0 Å². The van der Waals surface area contributed by atoms with E-state index in [4.69, 9.17) is 5.11 Å². The van der Waals surface area contributed by atoms with Gasteiger partial charge >= 0.3 is 5.97 Å². The van der Waals surface area contributed by atoms with Crippen molar-refractivity contribution in [3.05, 3.63) is 33.8 Å². The molecule has 0 amide bonds. The molecule has 0 saturated heterocycles. The number of rotatable bonds is 1. The van der Waals surface area contributed by atoms with Gasteiger partial charge in [-0.05, 0) is 33.6 Å². The van der Waals surface area contributed by atoms with E-state index in [0.717, 1.165) is 5.56 Å². The molecule has 0 atom stereocenters. The van der Waals surface area contributed by atoms with E-state index in [9.17, 15) is 4.79 Å². The smallest absolute Gasteiger partial charge is 0.336 e. The first-order valence-corrected chi connectivity index (χ1v) is 6.59. The summed E-state index contributed by atoms with van der Waals surface area (Å²) in [5, 5.41) is 8.79. The second-order valence-corrected chi connectivity index (χ2v) is 10.1. The highest BCUT2D eigenvalue weighted by atomic mass is 80.0. The monoisotopic (exact) mass is 448 g/mol. The van der Waals surface area contributed by atoms with Crippen LogP contribution in [0.25, 0.3) is 0 Å². The Morgan fingerprint density at radius 3 is 2.21 bits per heavy atom. The maximum atomic E-state index is 10.7. The van der Waals surface area contributed by atoms with Gasteiger partial charge in [0.1, 0.15) is 0 Å². The predicted molar refractivity (Wildman–Crippen MR) is 69.6 cm³/mol. The van der Waals surface area contributed by atoms with Crippen LogP contribution < -0.4 is 0 Å². The normalized spacial score (nSPS) is 11.4. The lowest BCUT2D eigenvalue weighted by Crippen LogP contribution is -2.02.